The number of hydrogen-bond donors (Lipinski definition) is 0. The summed E-state index contributed by atoms with van der Waals surface area (Å²) in [5, 5.41) is 0. The predicted octanol–water partition coefficient (Wildman–Crippen LogP) is 1.84. The third-order valence-corrected chi connectivity index (χ3v) is 3.08. The van der Waals surface area contributed by atoms with E-state index in [0.29, 0.717) is 5.76 Å². The first-order valence-electron chi connectivity index (χ1n) is 5.53. The SMILES string of the molecule is C=C1OC(C)(C)[C@H](OC)[C@H]2OC(C)(C)O[C@@H]12. The summed E-state index contributed by atoms with van der Waals surface area (Å²) in [6, 6.07) is 0. The molecule has 0 unspecified atom stereocenters. The molecule has 0 aromatic rings. The van der Waals surface area contributed by atoms with Gasteiger partial charge in [-0.05, 0) is 27.7 Å². The zero-order valence-corrected chi connectivity index (χ0v) is 10.6. The van der Waals surface area contributed by atoms with E-state index < -0.39 is 11.4 Å². The molecule has 0 aliphatic carbocycles. The van der Waals surface area contributed by atoms with E-state index in [-0.39, 0.29) is 18.3 Å². The summed E-state index contributed by atoms with van der Waals surface area (Å²) in [7, 11) is 1.66. The third-order valence-electron chi connectivity index (χ3n) is 3.08. The van der Waals surface area contributed by atoms with E-state index in [1.54, 1.807) is 7.11 Å². The minimum Gasteiger partial charge on any atom is -0.487 e. The monoisotopic (exact) mass is 228 g/mol. The maximum atomic E-state index is 5.87. The topological polar surface area (TPSA) is 36.9 Å². The van der Waals surface area contributed by atoms with Crippen LogP contribution in [0.15, 0.2) is 12.3 Å². The molecule has 0 spiro atoms. The van der Waals surface area contributed by atoms with Gasteiger partial charge in [-0.3, -0.25) is 0 Å². The van der Waals surface area contributed by atoms with Crippen molar-refractivity contribution >= 4 is 0 Å². The molecule has 2 aliphatic heterocycles. The summed E-state index contributed by atoms with van der Waals surface area (Å²) in [4.78, 5) is 0. The summed E-state index contributed by atoms with van der Waals surface area (Å²) in [6.07, 6.45) is -0.561. The molecule has 92 valence electrons. The number of fused-ring (bicyclic) bond motifs is 1. The third kappa shape index (κ3) is 1.75. The van der Waals surface area contributed by atoms with Crippen molar-refractivity contribution in [2.24, 2.45) is 0 Å². The maximum Gasteiger partial charge on any atom is 0.164 e. The van der Waals surface area contributed by atoms with Crippen molar-refractivity contribution in [1.29, 1.82) is 0 Å². The molecule has 2 aliphatic rings. The van der Waals surface area contributed by atoms with Crippen molar-refractivity contribution in [2.45, 2.75) is 57.4 Å². The van der Waals surface area contributed by atoms with Gasteiger partial charge in [0.2, 0.25) is 0 Å². The maximum absolute atomic E-state index is 5.87. The number of ether oxygens (including phenoxy) is 4. The van der Waals surface area contributed by atoms with Gasteiger partial charge in [0.1, 0.15) is 29.7 Å². The fourth-order valence-electron chi connectivity index (χ4n) is 2.53. The van der Waals surface area contributed by atoms with E-state index in [4.69, 9.17) is 18.9 Å². The zero-order chi connectivity index (χ0) is 12.1. The van der Waals surface area contributed by atoms with Gasteiger partial charge >= 0.3 is 0 Å². The van der Waals surface area contributed by atoms with Crippen LogP contribution in [0.4, 0.5) is 0 Å². The summed E-state index contributed by atoms with van der Waals surface area (Å²) in [5.41, 5.74) is -0.448. The Morgan fingerprint density at radius 2 is 1.81 bits per heavy atom. The Hall–Kier alpha value is -0.580. The summed E-state index contributed by atoms with van der Waals surface area (Å²) in [5.74, 6) is 0.00706. The molecule has 3 atom stereocenters. The van der Waals surface area contributed by atoms with Crippen molar-refractivity contribution in [2.75, 3.05) is 7.11 Å². The van der Waals surface area contributed by atoms with E-state index in [0.717, 1.165) is 0 Å². The van der Waals surface area contributed by atoms with Crippen LogP contribution in [0.3, 0.4) is 0 Å². The molecule has 0 bridgehead atoms. The standard InChI is InChI=1S/C12H20O4/c1-7-8-9(16-12(4,5)15-8)10(13-6)11(2,3)14-7/h8-10H,1H2,2-6H3/t8-,9-,10+/m0/s1. The predicted molar refractivity (Wildman–Crippen MR) is 58.9 cm³/mol. The van der Waals surface area contributed by atoms with Crippen LogP contribution in [0.5, 0.6) is 0 Å². The normalized spacial score (nSPS) is 40.3. The minimum absolute atomic E-state index is 0.156. The fraction of sp³-hybridized carbons (Fsp3) is 0.833. The lowest BCUT2D eigenvalue weighted by atomic mass is 9.89. The lowest BCUT2D eigenvalue weighted by molar-refractivity contribution is -0.184. The number of rotatable bonds is 1. The molecule has 4 heteroatoms. The van der Waals surface area contributed by atoms with Gasteiger partial charge in [0, 0.05) is 7.11 Å². The van der Waals surface area contributed by atoms with E-state index >= 15 is 0 Å². The van der Waals surface area contributed by atoms with Crippen LogP contribution in [0.25, 0.3) is 0 Å². The smallest absolute Gasteiger partial charge is 0.164 e. The van der Waals surface area contributed by atoms with Crippen LogP contribution in [0, 0.1) is 0 Å². The van der Waals surface area contributed by atoms with Crippen molar-refractivity contribution in [3.63, 3.8) is 0 Å². The molecule has 0 aromatic heterocycles. The van der Waals surface area contributed by atoms with Gasteiger partial charge in [0.25, 0.3) is 0 Å². The fourth-order valence-corrected chi connectivity index (χ4v) is 2.53. The molecular weight excluding hydrogens is 208 g/mol. The van der Waals surface area contributed by atoms with Crippen LogP contribution in [0.1, 0.15) is 27.7 Å². The minimum atomic E-state index is -0.612. The van der Waals surface area contributed by atoms with E-state index in [1.807, 2.05) is 27.7 Å². The number of hydrogen-bond acceptors (Lipinski definition) is 4. The highest BCUT2D eigenvalue weighted by atomic mass is 16.8. The van der Waals surface area contributed by atoms with Gasteiger partial charge in [-0.2, -0.15) is 0 Å². The molecule has 0 amide bonds. The van der Waals surface area contributed by atoms with Crippen molar-refractivity contribution in [1.82, 2.24) is 0 Å². The molecule has 0 N–H and O–H groups in total. The molecular formula is C12H20O4. The quantitative estimate of drug-likeness (QED) is 0.686. The molecule has 16 heavy (non-hydrogen) atoms. The Morgan fingerprint density at radius 3 is 2.38 bits per heavy atom. The van der Waals surface area contributed by atoms with Gasteiger partial charge in [0.05, 0.1) is 0 Å². The molecule has 2 saturated heterocycles. The van der Waals surface area contributed by atoms with Crippen LogP contribution in [0.2, 0.25) is 0 Å². The highest BCUT2D eigenvalue weighted by molar-refractivity contribution is 5.12. The van der Waals surface area contributed by atoms with E-state index in [2.05, 4.69) is 6.58 Å². The van der Waals surface area contributed by atoms with E-state index in [9.17, 15) is 0 Å². The van der Waals surface area contributed by atoms with Crippen LogP contribution in [-0.2, 0) is 18.9 Å². The second-order valence-corrected chi connectivity index (χ2v) is 5.35. The molecule has 2 rings (SSSR count). The Kier molecular flexibility index (Phi) is 2.57. The Labute approximate surface area is 96.5 Å². The first-order chi connectivity index (χ1) is 7.27. The Bertz CT molecular complexity index is 308. The Balaban J connectivity index is 2.30. The Morgan fingerprint density at radius 1 is 1.19 bits per heavy atom. The van der Waals surface area contributed by atoms with Crippen LogP contribution < -0.4 is 0 Å². The first kappa shape index (κ1) is 11.9. The highest BCUT2D eigenvalue weighted by Gasteiger charge is 2.56. The second kappa shape index (κ2) is 3.45. The second-order valence-electron chi connectivity index (χ2n) is 5.35. The average Bonchev–Trinajstić information content (AvgIpc) is 2.40. The summed E-state index contributed by atoms with van der Waals surface area (Å²) < 4.78 is 22.9. The number of methoxy groups -OCH3 is 1. The van der Waals surface area contributed by atoms with Gasteiger partial charge in [-0.15, -0.1) is 0 Å². The van der Waals surface area contributed by atoms with Crippen molar-refractivity contribution in [3.05, 3.63) is 12.3 Å². The van der Waals surface area contributed by atoms with Gasteiger partial charge in [-0.1, -0.05) is 6.58 Å². The summed E-state index contributed by atoms with van der Waals surface area (Å²) in [6.45, 7) is 11.6. The molecule has 4 nitrogen and oxygen atoms in total. The lowest BCUT2D eigenvalue weighted by Crippen LogP contribution is -2.56. The van der Waals surface area contributed by atoms with Crippen molar-refractivity contribution in [3.8, 4) is 0 Å². The molecule has 0 aromatic carbocycles. The van der Waals surface area contributed by atoms with Gasteiger partial charge < -0.3 is 18.9 Å². The summed E-state index contributed by atoms with van der Waals surface area (Å²) >= 11 is 0. The van der Waals surface area contributed by atoms with Crippen LogP contribution in [-0.4, -0.2) is 36.8 Å². The molecule has 2 fully saturated rings. The zero-order valence-electron chi connectivity index (χ0n) is 10.6. The van der Waals surface area contributed by atoms with Crippen LogP contribution >= 0.6 is 0 Å². The molecule has 0 radical (unpaired) electrons. The average molecular weight is 228 g/mol. The molecule has 2 heterocycles. The van der Waals surface area contributed by atoms with E-state index in [1.165, 1.54) is 0 Å². The first-order valence-corrected chi connectivity index (χ1v) is 5.53. The van der Waals surface area contributed by atoms with Gasteiger partial charge in [0.15, 0.2) is 5.79 Å². The van der Waals surface area contributed by atoms with Gasteiger partial charge in [-0.25, -0.2) is 0 Å². The molecule has 0 saturated carbocycles. The lowest BCUT2D eigenvalue weighted by Gasteiger charge is -2.43. The largest absolute Gasteiger partial charge is 0.487 e. The highest BCUT2D eigenvalue weighted by Crippen LogP contribution is 2.42. The van der Waals surface area contributed by atoms with Crippen molar-refractivity contribution < 1.29 is 18.9 Å².